The van der Waals surface area contributed by atoms with Crippen LogP contribution in [0.3, 0.4) is 0 Å². The smallest absolute Gasteiger partial charge is 0.230 e. The molecule has 0 saturated carbocycles. The molecule has 1 aromatic carbocycles. The minimum absolute atomic E-state index is 0.159. The molecule has 0 aliphatic carbocycles. The van der Waals surface area contributed by atoms with Crippen LogP contribution < -0.4 is 11.1 Å². The van der Waals surface area contributed by atoms with Crippen LogP contribution in [0.1, 0.15) is 10.7 Å². The number of carbonyl (C=O) groups is 1. The molecule has 0 radical (unpaired) electrons. The third kappa shape index (κ3) is 4.45. The van der Waals surface area contributed by atoms with E-state index < -0.39 is 0 Å². The number of nitrogens with one attached hydrogen (secondary N) is 1. The van der Waals surface area contributed by atoms with E-state index in [1.54, 1.807) is 18.2 Å². The van der Waals surface area contributed by atoms with Crippen LogP contribution in [0.5, 0.6) is 0 Å². The van der Waals surface area contributed by atoms with E-state index in [9.17, 15) is 4.79 Å². The lowest BCUT2D eigenvalue weighted by molar-refractivity contribution is -0.115. The molecule has 0 saturated heterocycles. The zero-order chi connectivity index (χ0) is 14.5. The second-order valence-corrected chi connectivity index (χ2v) is 5.97. The number of nitrogens with two attached hydrogens (primary N) is 1. The van der Waals surface area contributed by atoms with Crippen molar-refractivity contribution in [2.24, 2.45) is 5.73 Å². The summed E-state index contributed by atoms with van der Waals surface area (Å²) < 4.78 is 0. The number of carbonyl (C=O) groups excluding carboxylic acids is 1. The summed E-state index contributed by atoms with van der Waals surface area (Å²) in [4.78, 5) is 16.3. The standard InChI is InChI=1S/C13H13Cl2N3OS/c14-8-3-9(15)5-10(4-8)17-12(19)6-11-7-20-13(18-11)1-2-16/h3-5,7H,1-2,6,16H2,(H,17,19). The van der Waals surface area contributed by atoms with Gasteiger partial charge in [0.2, 0.25) is 5.91 Å². The van der Waals surface area contributed by atoms with E-state index >= 15 is 0 Å². The van der Waals surface area contributed by atoms with Crippen LogP contribution in [-0.4, -0.2) is 17.4 Å². The van der Waals surface area contributed by atoms with Crippen molar-refractivity contribution in [1.82, 2.24) is 4.98 Å². The zero-order valence-corrected chi connectivity index (χ0v) is 12.9. The first kappa shape index (κ1) is 15.3. The average molecular weight is 330 g/mol. The number of aromatic nitrogens is 1. The lowest BCUT2D eigenvalue weighted by Gasteiger charge is -2.05. The Hall–Kier alpha value is -1.14. The molecule has 20 heavy (non-hydrogen) atoms. The topological polar surface area (TPSA) is 68.0 Å². The molecule has 7 heteroatoms. The third-order valence-electron chi connectivity index (χ3n) is 2.45. The van der Waals surface area contributed by atoms with Gasteiger partial charge in [-0.15, -0.1) is 11.3 Å². The molecule has 0 spiro atoms. The molecule has 1 heterocycles. The third-order valence-corrected chi connectivity index (χ3v) is 3.84. The number of halogens is 2. The SMILES string of the molecule is NCCc1nc(CC(=O)Nc2cc(Cl)cc(Cl)c2)cs1. The van der Waals surface area contributed by atoms with Gasteiger partial charge < -0.3 is 11.1 Å². The Morgan fingerprint density at radius 1 is 1.30 bits per heavy atom. The van der Waals surface area contributed by atoms with Gasteiger partial charge in [-0.2, -0.15) is 0 Å². The molecule has 0 fully saturated rings. The van der Waals surface area contributed by atoms with Gasteiger partial charge in [0.05, 0.1) is 17.1 Å². The maximum atomic E-state index is 11.9. The molecule has 4 nitrogen and oxygen atoms in total. The molecular formula is C13H13Cl2N3OS. The number of hydrogen-bond acceptors (Lipinski definition) is 4. The van der Waals surface area contributed by atoms with E-state index in [2.05, 4.69) is 10.3 Å². The highest BCUT2D eigenvalue weighted by Crippen LogP contribution is 2.22. The fourth-order valence-electron chi connectivity index (χ4n) is 1.66. The Bertz CT molecular complexity index is 595. The van der Waals surface area contributed by atoms with Gasteiger partial charge in [0.15, 0.2) is 0 Å². The minimum Gasteiger partial charge on any atom is -0.330 e. The summed E-state index contributed by atoms with van der Waals surface area (Å²) in [6.07, 6.45) is 0.946. The first-order valence-corrected chi connectivity index (χ1v) is 7.59. The first-order valence-electron chi connectivity index (χ1n) is 5.96. The molecule has 3 N–H and O–H groups in total. The molecule has 106 valence electrons. The van der Waals surface area contributed by atoms with E-state index in [1.165, 1.54) is 11.3 Å². The monoisotopic (exact) mass is 329 g/mol. The Morgan fingerprint density at radius 3 is 2.65 bits per heavy atom. The maximum Gasteiger partial charge on any atom is 0.230 e. The number of benzene rings is 1. The molecule has 0 bridgehead atoms. The quantitative estimate of drug-likeness (QED) is 0.885. The summed E-state index contributed by atoms with van der Waals surface area (Å²) in [5.41, 5.74) is 6.78. The predicted octanol–water partition coefficient (Wildman–Crippen LogP) is 3.13. The second kappa shape index (κ2) is 7.04. The molecule has 2 rings (SSSR count). The molecule has 0 aliphatic rings. The zero-order valence-electron chi connectivity index (χ0n) is 10.5. The fraction of sp³-hybridized carbons (Fsp3) is 0.231. The molecule has 1 aromatic heterocycles. The predicted molar refractivity (Wildman–Crippen MR) is 83.7 cm³/mol. The molecule has 0 unspecified atom stereocenters. The van der Waals surface area contributed by atoms with Crippen LogP contribution in [0, 0.1) is 0 Å². The van der Waals surface area contributed by atoms with Gasteiger partial charge in [-0.25, -0.2) is 4.98 Å². The van der Waals surface area contributed by atoms with Crippen molar-refractivity contribution in [3.63, 3.8) is 0 Å². The van der Waals surface area contributed by atoms with Crippen molar-refractivity contribution in [3.8, 4) is 0 Å². The van der Waals surface area contributed by atoms with Crippen molar-refractivity contribution in [3.05, 3.63) is 44.3 Å². The Labute approximate surface area is 130 Å². The number of thiazole rings is 1. The van der Waals surface area contributed by atoms with Gasteiger partial charge >= 0.3 is 0 Å². The van der Waals surface area contributed by atoms with E-state index in [-0.39, 0.29) is 12.3 Å². The van der Waals surface area contributed by atoms with Crippen LogP contribution in [0.25, 0.3) is 0 Å². The second-order valence-electron chi connectivity index (χ2n) is 4.15. The summed E-state index contributed by atoms with van der Waals surface area (Å²) in [5.74, 6) is -0.159. The Morgan fingerprint density at radius 2 is 2.00 bits per heavy atom. The highest BCUT2D eigenvalue weighted by Gasteiger charge is 2.09. The summed E-state index contributed by atoms with van der Waals surface area (Å²) >= 11 is 13.3. The number of rotatable bonds is 5. The summed E-state index contributed by atoms with van der Waals surface area (Å²) in [7, 11) is 0. The van der Waals surface area contributed by atoms with Crippen LogP contribution in [0.4, 0.5) is 5.69 Å². The van der Waals surface area contributed by atoms with Crippen LogP contribution in [0.15, 0.2) is 23.6 Å². The summed E-state index contributed by atoms with van der Waals surface area (Å²) in [5, 5.41) is 6.52. The van der Waals surface area contributed by atoms with E-state index in [1.807, 2.05) is 5.38 Å². The lowest BCUT2D eigenvalue weighted by Crippen LogP contribution is -2.14. The van der Waals surface area contributed by atoms with Gasteiger partial charge in [0.25, 0.3) is 0 Å². The van der Waals surface area contributed by atoms with Gasteiger partial charge in [0, 0.05) is 27.5 Å². The van der Waals surface area contributed by atoms with Crippen molar-refractivity contribution >= 4 is 46.1 Å². The lowest BCUT2D eigenvalue weighted by atomic mass is 10.3. The molecule has 1 amide bonds. The number of amides is 1. The number of anilines is 1. The van der Waals surface area contributed by atoms with Crippen molar-refractivity contribution < 1.29 is 4.79 Å². The van der Waals surface area contributed by atoms with Gasteiger partial charge in [-0.1, -0.05) is 23.2 Å². The molecule has 2 aromatic rings. The van der Waals surface area contributed by atoms with Crippen LogP contribution >= 0.6 is 34.5 Å². The highest BCUT2D eigenvalue weighted by atomic mass is 35.5. The minimum atomic E-state index is -0.159. The van der Waals surface area contributed by atoms with Crippen LogP contribution in [-0.2, 0) is 17.6 Å². The first-order chi connectivity index (χ1) is 9.56. The van der Waals surface area contributed by atoms with Gasteiger partial charge in [-0.05, 0) is 24.7 Å². The van der Waals surface area contributed by atoms with Crippen LogP contribution in [0.2, 0.25) is 10.0 Å². The van der Waals surface area contributed by atoms with E-state index in [4.69, 9.17) is 28.9 Å². The largest absolute Gasteiger partial charge is 0.330 e. The van der Waals surface area contributed by atoms with Gasteiger partial charge in [-0.3, -0.25) is 4.79 Å². The number of nitrogens with zero attached hydrogens (tertiary/aromatic N) is 1. The molecular weight excluding hydrogens is 317 g/mol. The average Bonchev–Trinajstić information content (AvgIpc) is 2.75. The normalized spacial score (nSPS) is 10.6. The summed E-state index contributed by atoms with van der Waals surface area (Å²) in [6, 6.07) is 4.90. The van der Waals surface area contributed by atoms with E-state index in [0.717, 1.165) is 17.1 Å². The highest BCUT2D eigenvalue weighted by molar-refractivity contribution is 7.09. The maximum absolute atomic E-state index is 11.9. The van der Waals surface area contributed by atoms with Crippen molar-refractivity contribution in [1.29, 1.82) is 0 Å². The summed E-state index contributed by atoms with van der Waals surface area (Å²) in [6.45, 7) is 0.556. The Balaban J connectivity index is 1.97. The van der Waals surface area contributed by atoms with Crippen molar-refractivity contribution in [2.75, 3.05) is 11.9 Å². The van der Waals surface area contributed by atoms with Gasteiger partial charge in [0.1, 0.15) is 0 Å². The van der Waals surface area contributed by atoms with E-state index in [0.29, 0.717) is 22.3 Å². The molecule has 0 atom stereocenters. The Kier molecular flexibility index (Phi) is 5.37. The van der Waals surface area contributed by atoms with Crippen molar-refractivity contribution in [2.45, 2.75) is 12.8 Å². The molecule has 0 aliphatic heterocycles. The fourth-order valence-corrected chi connectivity index (χ4v) is 3.00. The number of hydrogen-bond donors (Lipinski definition) is 2.